The fourth-order valence-electron chi connectivity index (χ4n) is 2.38. The summed E-state index contributed by atoms with van der Waals surface area (Å²) in [7, 11) is 0. The number of carbonyl (C=O) groups is 1. The van der Waals surface area contributed by atoms with Gasteiger partial charge in [-0.3, -0.25) is 0 Å². The molecule has 0 aliphatic carbocycles. The van der Waals surface area contributed by atoms with Crippen molar-refractivity contribution in [2.45, 2.75) is 26.5 Å². The van der Waals surface area contributed by atoms with Crippen LogP contribution >= 0.6 is 34.5 Å². The SMILES string of the molecule is Cc1nn(Cc2ccc(Cl)cc2Cl)c2sc(C(=O)O[C@@H](C)C#N)cc12. The highest BCUT2D eigenvalue weighted by molar-refractivity contribution is 7.20. The van der Waals surface area contributed by atoms with E-state index in [2.05, 4.69) is 5.10 Å². The Morgan fingerprint density at radius 3 is 2.88 bits per heavy atom. The molecule has 2 heterocycles. The first kappa shape index (κ1) is 17.7. The molecule has 0 aliphatic heterocycles. The smallest absolute Gasteiger partial charge is 0.349 e. The largest absolute Gasteiger partial charge is 0.443 e. The number of thiophene rings is 1. The van der Waals surface area contributed by atoms with Gasteiger partial charge < -0.3 is 4.74 Å². The van der Waals surface area contributed by atoms with Gasteiger partial charge in [0.15, 0.2) is 6.10 Å². The standard InChI is InChI=1S/C17H13Cl2N3O2S/c1-9(7-20)24-17(23)15-6-13-10(2)21-22(16(13)25-15)8-11-3-4-12(18)5-14(11)19/h3-6,9H,8H2,1-2H3/t9-/m0/s1. The molecule has 1 aromatic carbocycles. The van der Waals surface area contributed by atoms with Crippen LogP contribution < -0.4 is 0 Å². The van der Waals surface area contributed by atoms with Crippen LogP contribution in [0.25, 0.3) is 10.2 Å². The maximum absolute atomic E-state index is 12.1. The van der Waals surface area contributed by atoms with E-state index in [0.29, 0.717) is 21.5 Å². The third-order valence-corrected chi connectivity index (χ3v) is 5.32. The normalized spacial score (nSPS) is 12.1. The molecule has 0 spiro atoms. The Morgan fingerprint density at radius 1 is 1.44 bits per heavy atom. The van der Waals surface area contributed by atoms with Crippen LogP contribution in [0.5, 0.6) is 0 Å². The Kier molecular flexibility index (Phi) is 5.00. The Morgan fingerprint density at radius 2 is 2.20 bits per heavy atom. The molecule has 0 amide bonds. The predicted octanol–water partition coefficient (Wildman–Crippen LogP) is 4.83. The zero-order valence-corrected chi connectivity index (χ0v) is 15.7. The van der Waals surface area contributed by atoms with Crippen molar-refractivity contribution in [3.63, 3.8) is 0 Å². The first-order chi connectivity index (χ1) is 11.9. The number of esters is 1. The van der Waals surface area contributed by atoms with Gasteiger partial charge in [0.25, 0.3) is 0 Å². The summed E-state index contributed by atoms with van der Waals surface area (Å²) in [6, 6.07) is 8.94. The molecule has 0 radical (unpaired) electrons. The van der Waals surface area contributed by atoms with Crippen LogP contribution in [-0.2, 0) is 11.3 Å². The molecule has 0 N–H and O–H groups in total. The molecule has 0 saturated heterocycles. The fourth-order valence-corrected chi connectivity index (χ4v) is 3.89. The Balaban J connectivity index is 1.94. The van der Waals surface area contributed by atoms with Crippen LogP contribution in [0.2, 0.25) is 10.0 Å². The second-order valence-electron chi connectivity index (χ2n) is 5.48. The molecule has 25 heavy (non-hydrogen) atoms. The van der Waals surface area contributed by atoms with Gasteiger partial charge in [-0.25, -0.2) is 9.48 Å². The number of benzene rings is 1. The summed E-state index contributed by atoms with van der Waals surface area (Å²) in [6.07, 6.45) is -0.789. The van der Waals surface area contributed by atoms with Crippen molar-refractivity contribution in [1.82, 2.24) is 9.78 Å². The average molecular weight is 394 g/mol. The van der Waals surface area contributed by atoms with Gasteiger partial charge in [0, 0.05) is 15.4 Å². The number of rotatable bonds is 4. The minimum Gasteiger partial charge on any atom is -0.443 e. The van der Waals surface area contributed by atoms with E-state index < -0.39 is 12.1 Å². The molecular weight excluding hydrogens is 381 g/mol. The molecular formula is C17H13Cl2N3O2S. The highest BCUT2D eigenvalue weighted by Crippen LogP contribution is 2.30. The van der Waals surface area contributed by atoms with Crippen molar-refractivity contribution in [3.8, 4) is 6.07 Å². The molecule has 0 fully saturated rings. The summed E-state index contributed by atoms with van der Waals surface area (Å²) < 4.78 is 6.86. The van der Waals surface area contributed by atoms with Crippen molar-refractivity contribution in [2.24, 2.45) is 0 Å². The summed E-state index contributed by atoms with van der Waals surface area (Å²) in [5.41, 5.74) is 1.69. The van der Waals surface area contributed by atoms with Gasteiger partial charge in [-0.2, -0.15) is 10.4 Å². The monoisotopic (exact) mass is 393 g/mol. The molecule has 2 aromatic heterocycles. The Bertz CT molecular complexity index is 1000. The predicted molar refractivity (Wildman–Crippen MR) is 98.4 cm³/mol. The highest BCUT2D eigenvalue weighted by Gasteiger charge is 2.19. The number of halogens is 2. The maximum atomic E-state index is 12.1. The Hall–Kier alpha value is -2.07. The van der Waals surface area contributed by atoms with Crippen molar-refractivity contribution < 1.29 is 9.53 Å². The number of aromatic nitrogens is 2. The Labute approximate surface area is 158 Å². The lowest BCUT2D eigenvalue weighted by atomic mass is 10.2. The molecule has 8 heteroatoms. The number of ether oxygens (including phenoxy) is 1. The van der Waals surface area contributed by atoms with E-state index in [9.17, 15) is 4.79 Å². The van der Waals surface area contributed by atoms with Crippen LogP contribution in [-0.4, -0.2) is 21.9 Å². The van der Waals surface area contributed by atoms with Crippen molar-refractivity contribution in [1.29, 1.82) is 5.26 Å². The van der Waals surface area contributed by atoms with Crippen LogP contribution in [0.1, 0.15) is 27.9 Å². The van der Waals surface area contributed by atoms with Crippen LogP contribution in [0.4, 0.5) is 0 Å². The third-order valence-electron chi connectivity index (χ3n) is 3.61. The van der Waals surface area contributed by atoms with Crippen molar-refractivity contribution in [2.75, 3.05) is 0 Å². The molecule has 0 aliphatic rings. The van der Waals surface area contributed by atoms with E-state index in [0.717, 1.165) is 21.5 Å². The van der Waals surface area contributed by atoms with Gasteiger partial charge in [-0.15, -0.1) is 11.3 Å². The highest BCUT2D eigenvalue weighted by atomic mass is 35.5. The average Bonchev–Trinajstić information content (AvgIpc) is 3.12. The molecule has 128 valence electrons. The van der Waals surface area contributed by atoms with Gasteiger partial charge in [0.2, 0.25) is 0 Å². The summed E-state index contributed by atoms with van der Waals surface area (Å²) >= 11 is 13.5. The third kappa shape index (κ3) is 3.64. The molecule has 3 rings (SSSR count). The van der Waals surface area contributed by atoms with Gasteiger partial charge >= 0.3 is 5.97 Å². The number of hydrogen-bond acceptors (Lipinski definition) is 5. The number of fused-ring (bicyclic) bond motifs is 1. The number of carbonyl (C=O) groups excluding carboxylic acids is 1. The number of hydrogen-bond donors (Lipinski definition) is 0. The van der Waals surface area contributed by atoms with Crippen LogP contribution in [0.3, 0.4) is 0 Å². The maximum Gasteiger partial charge on any atom is 0.349 e. The summed E-state index contributed by atoms with van der Waals surface area (Å²) in [5.74, 6) is -0.509. The summed E-state index contributed by atoms with van der Waals surface area (Å²) in [5, 5.41) is 15.3. The van der Waals surface area contributed by atoms with E-state index in [1.807, 2.05) is 19.1 Å². The lowest BCUT2D eigenvalue weighted by Gasteiger charge is -2.06. The lowest BCUT2D eigenvalue weighted by molar-refractivity contribution is 0.0441. The van der Waals surface area contributed by atoms with Crippen LogP contribution in [0.15, 0.2) is 24.3 Å². The molecule has 1 atom stereocenters. The topological polar surface area (TPSA) is 67.9 Å². The second kappa shape index (κ2) is 7.04. The first-order valence-electron chi connectivity index (χ1n) is 7.40. The van der Waals surface area contributed by atoms with E-state index in [1.165, 1.54) is 18.3 Å². The van der Waals surface area contributed by atoms with E-state index >= 15 is 0 Å². The van der Waals surface area contributed by atoms with E-state index in [-0.39, 0.29) is 0 Å². The number of nitrogens with zero attached hydrogens (tertiary/aromatic N) is 3. The summed E-state index contributed by atoms with van der Waals surface area (Å²) in [4.78, 5) is 13.4. The van der Waals surface area contributed by atoms with Crippen molar-refractivity contribution >= 4 is 50.7 Å². The molecule has 0 bridgehead atoms. The molecule has 5 nitrogen and oxygen atoms in total. The van der Waals surface area contributed by atoms with Gasteiger partial charge in [0.05, 0.1) is 12.2 Å². The second-order valence-corrected chi connectivity index (χ2v) is 7.36. The van der Waals surface area contributed by atoms with Gasteiger partial charge in [-0.1, -0.05) is 29.3 Å². The minimum absolute atomic E-state index is 0.438. The number of aryl methyl sites for hydroxylation is 1. The van der Waals surface area contributed by atoms with E-state index in [1.54, 1.807) is 22.9 Å². The van der Waals surface area contributed by atoms with Gasteiger partial charge in [0.1, 0.15) is 15.8 Å². The molecule has 0 saturated carbocycles. The quantitative estimate of drug-likeness (QED) is 0.595. The fraction of sp³-hybridized carbons (Fsp3) is 0.235. The van der Waals surface area contributed by atoms with Crippen molar-refractivity contribution in [3.05, 3.63) is 50.4 Å². The summed E-state index contributed by atoms with van der Waals surface area (Å²) in [6.45, 7) is 3.87. The van der Waals surface area contributed by atoms with Crippen LogP contribution in [0, 0.1) is 18.3 Å². The van der Waals surface area contributed by atoms with E-state index in [4.69, 9.17) is 33.2 Å². The zero-order chi connectivity index (χ0) is 18.1. The first-order valence-corrected chi connectivity index (χ1v) is 8.97. The molecule has 0 unspecified atom stereocenters. The zero-order valence-electron chi connectivity index (χ0n) is 13.4. The van der Waals surface area contributed by atoms with Gasteiger partial charge in [-0.05, 0) is 37.6 Å². The minimum atomic E-state index is -0.789. The number of nitriles is 1. The lowest BCUT2D eigenvalue weighted by Crippen LogP contribution is -2.11. The molecule has 3 aromatic rings.